The molecule has 1 aromatic carbocycles. The summed E-state index contributed by atoms with van der Waals surface area (Å²) in [5, 5.41) is 15.8. The Morgan fingerprint density at radius 2 is 2.06 bits per heavy atom. The van der Waals surface area contributed by atoms with Crippen molar-refractivity contribution in [3.05, 3.63) is 54.2 Å². The van der Waals surface area contributed by atoms with Crippen LogP contribution in [-0.4, -0.2) is 33.0 Å². The molecular formula is C24H31N5O3S. The molecule has 0 aliphatic heterocycles. The molecule has 3 aromatic rings. The lowest BCUT2D eigenvalue weighted by atomic mass is 9.95. The van der Waals surface area contributed by atoms with E-state index < -0.39 is 0 Å². The summed E-state index contributed by atoms with van der Waals surface area (Å²) in [7, 11) is 1.66. The highest BCUT2D eigenvalue weighted by molar-refractivity contribution is 8.00. The molecule has 1 aliphatic rings. The van der Waals surface area contributed by atoms with Gasteiger partial charge < -0.3 is 24.4 Å². The lowest BCUT2D eigenvalue weighted by Gasteiger charge is -2.26. The molecule has 1 unspecified atom stereocenters. The van der Waals surface area contributed by atoms with Gasteiger partial charge in [0.05, 0.1) is 31.7 Å². The number of furan rings is 1. The maximum atomic E-state index is 12.7. The lowest BCUT2D eigenvalue weighted by Crippen LogP contribution is -2.30. The van der Waals surface area contributed by atoms with Crippen LogP contribution in [0.15, 0.2) is 52.2 Å². The van der Waals surface area contributed by atoms with Gasteiger partial charge in [0.25, 0.3) is 0 Å². The van der Waals surface area contributed by atoms with Crippen molar-refractivity contribution in [3.63, 3.8) is 0 Å². The van der Waals surface area contributed by atoms with Gasteiger partial charge in [0, 0.05) is 17.8 Å². The summed E-state index contributed by atoms with van der Waals surface area (Å²) in [5.41, 5.74) is 0.965. The Balaban J connectivity index is 1.46. The molecule has 176 valence electrons. The molecule has 1 amide bonds. The van der Waals surface area contributed by atoms with E-state index in [9.17, 15) is 4.79 Å². The van der Waals surface area contributed by atoms with Crippen molar-refractivity contribution in [1.29, 1.82) is 0 Å². The fourth-order valence-corrected chi connectivity index (χ4v) is 5.03. The number of nitrogens with one attached hydrogen (secondary N) is 2. The zero-order valence-corrected chi connectivity index (χ0v) is 19.9. The SMILES string of the molecule is COc1cccc(NCc2nnc(SC(C)C(=O)NCc3ccco3)n2C2CCCCC2)c1. The van der Waals surface area contributed by atoms with Crippen LogP contribution in [0, 0.1) is 0 Å². The van der Waals surface area contributed by atoms with Crippen molar-refractivity contribution in [1.82, 2.24) is 20.1 Å². The standard InChI is InChI=1S/C24H31N5O3S/c1-17(23(30)26-15-21-12-7-13-32-21)33-24-28-27-22(29(24)19-9-4-3-5-10-19)16-25-18-8-6-11-20(14-18)31-2/h6-8,11-14,17,19,25H,3-5,9-10,15-16H2,1-2H3,(H,26,30). The van der Waals surface area contributed by atoms with E-state index in [1.807, 2.05) is 43.3 Å². The highest BCUT2D eigenvalue weighted by atomic mass is 32.2. The second-order valence-corrected chi connectivity index (χ2v) is 9.51. The number of nitrogens with zero attached hydrogens (tertiary/aromatic N) is 3. The molecule has 2 N–H and O–H groups in total. The number of aromatic nitrogens is 3. The predicted molar refractivity (Wildman–Crippen MR) is 128 cm³/mol. The minimum absolute atomic E-state index is 0.0503. The molecule has 0 bridgehead atoms. The minimum Gasteiger partial charge on any atom is -0.497 e. The number of amides is 1. The molecule has 2 heterocycles. The molecular weight excluding hydrogens is 438 g/mol. The Morgan fingerprint density at radius 1 is 1.21 bits per heavy atom. The zero-order valence-electron chi connectivity index (χ0n) is 19.1. The Hall–Kier alpha value is -2.94. The van der Waals surface area contributed by atoms with Crippen molar-refractivity contribution in [2.45, 2.75) is 68.6 Å². The van der Waals surface area contributed by atoms with Crippen LogP contribution in [0.1, 0.15) is 56.7 Å². The van der Waals surface area contributed by atoms with Crippen LogP contribution in [0.3, 0.4) is 0 Å². The summed E-state index contributed by atoms with van der Waals surface area (Å²) in [6, 6.07) is 11.9. The smallest absolute Gasteiger partial charge is 0.233 e. The third-order valence-corrected chi connectivity index (χ3v) is 6.92. The summed E-state index contributed by atoms with van der Waals surface area (Å²) >= 11 is 1.46. The van der Waals surface area contributed by atoms with Gasteiger partial charge in [-0.15, -0.1) is 10.2 Å². The average molecular weight is 470 g/mol. The maximum absolute atomic E-state index is 12.7. The molecule has 1 saturated carbocycles. The predicted octanol–water partition coefficient (Wildman–Crippen LogP) is 4.79. The van der Waals surface area contributed by atoms with Crippen LogP contribution < -0.4 is 15.4 Å². The number of hydrogen-bond acceptors (Lipinski definition) is 7. The van der Waals surface area contributed by atoms with E-state index in [0.717, 1.165) is 41.0 Å². The Bertz CT molecular complexity index is 1030. The molecule has 0 radical (unpaired) electrons. The number of carbonyl (C=O) groups excluding carboxylic acids is 1. The largest absolute Gasteiger partial charge is 0.497 e. The van der Waals surface area contributed by atoms with Gasteiger partial charge in [-0.3, -0.25) is 4.79 Å². The third kappa shape index (κ3) is 6.10. The lowest BCUT2D eigenvalue weighted by molar-refractivity contribution is -0.120. The number of benzene rings is 1. The number of hydrogen-bond donors (Lipinski definition) is 2. The molecule has 0 spiro atoms. The molecule has 8 nitrogen and oxygen atoms in total. The zero-order chi connectivity index (χ0) is 23.0. The number of thioether (sulfide) groups is 1. The van der Waals surface area contributed by atoms with Gasteiger partial charge in [0.2, 0.25) is 5.91 Å². The third-order valence-electron chi connectivity index (χ3n) is 5.86. The van der Waals surface area contributed by atoms with Gasteiger partial charge in [-0.1, -0.05) is 37.1 Å². The number of rotatable bonds is 10. The molecule has 33 heavy (non-hydrogen) atoms. The molecule has 1 atom stereocenters. The van der Waals surface area contributed by atoms with E-state index in [0.29, 0.717) is 19.1 Å². The van der Waals surface area contributed by atoms with Gasteiger partial charge in [-0.2, -0.15) is 0 Å². The van der Waals surface area contributed by atoms with E-state index in [-0.39, 0.29) is 11.2 Å². The summed E-state index contributed by atoms with van der Waals surface area (Å²) in [6.07, 6.45) is 7.49. The van der Waals surface area contributed by atoms with Crippen LogP contribution in [-0.2, 0) is 17.9 Å². The first-order chi connectivity index (χ1) is 16.1. The average Bonchev–Trinajstić information content (AvgIpc) is 3.52. The first kappa shape index (κ1) is 23.2. The second kappa shape index (κ2) is 11.3. The van der Waals surface area contributed by atoms with Crippen LogP contribution in [0.4, 0.5) is 5.69 Å². The van der Waals surface area contributed by atoms with E-state index in [4.69, 9.17) is 9.15 Å². The first-order valence-corrected chi connectivity index (χ1v) is 12.3. The van der Waals surface area contributed by atoms with Crippen LogP contribution in [0.2, 0.25) is 0 Å². The monoisotopic (exact) mass is 469 g/mol. The molecule has 0 saturated heterocycles. The number of carbonyl (C=O) groups is 1. The second-order valence-electron chi connectivity index (χ2n) is 8.20. The molecule has 1 aliphatic carbocycles. The quantitative estimate of drug-likeness (QED) is 0.412. The van der Waals surface area contributed by atoms with Crippen molar-refractivity contribution < 1.29 is 13.9 Å². The van der Waals surface area contributed by atoms with Crippen molar-refractivity contribution >= 4 is 23.4 Å². The fraction of sp³-hybridized carbons (Fsp3) is 0.458. The highest BCUT2D eigenvalue weighted by Gasteiger charge is 2.25. The topological polar surface area (TPSA) is 94.2 Å². The normalized spacial score (nSPS) is 15.2. The van der Waals surface area contributed by atoms with Crippen molar-refractivity contribution in [2.75, 3.05) is 12.4 Å². The van der Waals surface area contributed by atoms with Gasteiger partial charge in [-0.25, -0.2) is 0 Å². The van der Waals surface area contributed by atoms with E-state index in [2.05, 4.69) is 25.4 Å². The summed E-state index contributed by atoms with van der Waals surface area (Å²) in [4.78, 5) is 12.7. The van der Waals surface area contributed by atoms with E-state index in [1.54, 1.807) is 13.4 Å². The maximum Gasteiger partial charge on any atom is 0.233 e. The van der Waals surface area contributed by atoms with E-state index >= 15 is 0 Å². The molecule has 4 rings (SSSR count). The highest BCUT2D eigenvalue weighted by Crippen LogP contribution is 2.34. The Kier molecular flexibility index (Phi) is 7.93. The van der Waals surface area contributed by atoms with Gasteiger partial charge in [0.15, 0.2) is 11.0 Å². The van der Waals surface area contributed by atoms with Crippen LogP contribution in [0.25, 0.3) is 0 Å². The van der Waals surface area contributed by atoms with Crippen LogP contribution in [0.5, 0.6) is 5.75 Å². The van der Waals surface area contributed by atoms with Gasteiger partial charge in [-0.05, 0) is 44.0 Å². The Labute approximate surface area is 198 Å². The molecule has 1 fully saturated rings. The minimum atomic E-state index is -0.300. The Morgan fingerprint density at radius 3 is 2.82 bits per heavy atom. The fourth-order valence-electron chi connectivity index (χ4n) is 4.07. The number of methoxy groups -OCH3 is 1. The van der Waals surface area contributed by atoms with Crippen molar-refractivity contribution in [2.24, 2.45) is 0 Å². The first-order valence-electron chi connectivity index (χ1n) is 11.4. The molecule has 9 heteroatoms. The number of ether oxygens (including phenoxy) is 1. The summed E-state index contributed by atoms with van der Waals surface area (Å²) in [6.45, 7) is 2.83. The van der Waals surface area contributed by atoms with E-state index in [1.165, 1.54) is 31.0 Å². The summed E-state index contributed by atoms with van der Waals surface area (Å²) in [5.74, 6) is 2.37. The van der Waals surface area contributed by atoms with Gasteiger partial charge in [0.1, 0.15) is 11.5 Å². The summed E-state index contributed by atoms with van der Waals surface area (Å²) < 4.78 is 12.9. The van der Waals surface area contributed by atoms with Crippen molar-refractivity contribution in [3.8, 4) is 5.75 Å². The van der Waals surface area contributed by atoms with Gasteiger partial charge >= 0.3 is 0 Å². The number of anilines is 1. The van der Waals surface area contributed by atoms with Crippen LogP contribution >= 0.6 is 11.8 Å². The molecule has 2 aromatic heterocycles.